The molecule has 2 aromatic carbocycles. The predicted octanol–water partition coefficient (Wildman–Crippen LogP) is 3.85. The molecule has 1 aliphatic rings. The van der Waals surface area contributed by atoms with E-state index < -0.39 is 12.6 Å². The van der Waals surface area contributed by atoms with E-state index in [1.807, 2.05) is 52.9 Å². The molecule has 6 nitrogen and oxygen atoms in total. The molecule has 0 saturated heterocycles. The summed E-state index contributed by atoms with van der Waals surface area (Å²) in [6.07, 6.45) is 1.77. The number of carboxylic acid groups (broad SMARTS) is 1. The third kappa shape index (κ3) is 4.13. The van der Waals surface area contributed by atoms with Gasteiger partial charge >= 0.3 is 5.97 Å². The van der Waals surface area contributed by atoms with Crippen LogP contribution in [0.2, 0.25) is 0 Å². The number of fused-ring (bicyclic) bond motifs is 1. The van der Waals surface area contributed by atoms with Gasteiger partial charge in [-0.05, 0) is 58.5 Å². The van der Waals surface area contributed by atoms with Gasteiger partial charge in [-0.25, -0.2) is 4.79 Å². The lowest BCUT2D eigenvalue weighted by Gasteiger charge is -2.18. The average molecular weight is 483 g/mol. The maximum Gasteiger partial charge on any atom is 0.341 e. The zero-order valence-electron chi connectivity index (χ0n) is 13.6. The van der Waals surface area contributed by atoms with Crippen molar-refractivity contribution in [1.29, 1.82) is 0 Å². The molecule has 3 rings (SSSR count). The Morgan fingerprint density at radius 2 is 2.12 bits per heavy atom. The van der Waals surface area contributed by atoms with E-state index in [4.69, 9.17) is 14.6 Å². The second kappa shape index (κ2) is 8.00. The van der Waals surface area contributed by atoms with E-state index in [1.165, 1.54) is 18.9 Å². The Hall–Kier alpha value is -2.20. The number of para-hydroxylation sites is 1. The lowest BCUT2D eigenvalue weighted by atomic mass is 10.2. The number of anilines is 1. The Morgan fingerprint density at radius 3 is 2.85 bits per heavy atom. The molecule has 0 atom stereocenters. The monoisotopic (exact) mass is 483 g/mol. The molecule has 26 heavy (non-hydrogen) atoms. The fourth-order valence-corrected chi connectivity index (χ4v) is 4.08. The second-order valence-corrected chi connectivity index (χ2v) is 7.52. The number of halogens is 1. The Morgan fingerprint density at radius 1 is 1.35 bits per heavy atom. The van der Waals surface area contributed by atoms with Crippen LogP contribution in [0.25, 0.3) is 6.08 Å². The van der Waals surface area contributed by atoms with E-state index in [9.17, 15) is 9.59 Å². The van der Waals surface area contributed by atoms with Crippen molar-refractivity contribution in [2.45, 2.75) is 4.90 Å². The Balaban J connectivity index is 1.92. The number of thioether (sulfide) groups is 1. The third-order valence-corrected chi connectivity index (χ3v) is 5.37. The summed E-state index contributed by atoms with van der Waals surface area (Å²) in [5.74, 6) is -0.466. The van der Waals surface area contributed by atoms with Gasteiger partial charge in [0.15, 0.2) is 18.1 Å². The van der Waals surface area contributed by atoms with E-state index >= 15 is 0 Å². The maximum atomic E-state index is 12.3. The summed E-state index contributed by atoms with van der Waals surface area (Å²) in [4.78, 5) is 24.6. The highest BCUT2D eigenvalue weighted by Crippen LogP contribution is 2.40. The van der Waals surface area contributed by atoms with Gasteiger partial charge in [0.25, 0.3) is 5.91 Å². The highest BCUT2D eigenvalue weighted by Gasteiger charge is 2.21. The van der Waals surface area contributed by atoms with Crippen LogP contribution in [0.4, 0.5) is 5.69 Å². The smallest absolute Gasteiger partial charge is 0.341 e. The average Bonchev–Trinajstić information content (AvgIpc) is 2.60. The van der Waals surface area contributed by atoms with E-state index in [0.717, 1.165) is 16.1 Å². The van der Waals surface area contributed by atoms with Crippen LogP contribution in [-0.2, 0) is 9.59 Å². The second-order valence-electron chi connectivity index (χ2n) is 5.28. The Kier molecular flexibility index (Phi) is 5.72. The van der Waals surface area contributed by atoms with Gasteiger partial charge in [0.05, 0.1) is 21.3 Å². The normalized spacial score (nSPS) is 14.5. The Bertz CT molecular complexity index is 912. The largest absolute Gasteiger partial charge is 0.493 e. The van der Waals surface area contributed by atoms with Gasteiger partial charge in [-0.3, -0.25) is 4.79 Å². The summed E-state index contributed by atoms with van der Waals surface area (Å²) in [5.41, 5.74) is 1.55. The first kappa shape index (κ1) is 18.6. The number of amides is 1. The molecular formula is C18H14INO5S. The third-order valence-electron chi connectivity index (χ3n) is 3.47. The minimum atomic E-state index is -1.07. The van der Waals surface area contributed by atoms with Crippen LogP contribution in [0.15, 0.2) is 46.2 Å². The van der Waals surface area contributed by atoms with Crippen molar-refractivity contribution < 1.29 is 24.2 Å². The zero-order valence-corrected chi connectivity index (χ0v) is 16.6. The summed E-state index contributed by atoms with van der Waals surface area (Å²) < 4.78 is 11.3. The van der Waals surface area contributed by atoms with E-state index in [2.05, 4.69) is 5.32 Å². The van der Waals surface area contributed by atoms with Crippen LogP contribution < -0.4 is 14.8 Å². The molecule has 0 bridgehead atoms. The lowest BCUT2D eigenvalue weighted by Crippen LogP contribution is -2.17. The summed E-state index contributed by atoms with van der Waals surface area (Å²) in [5, 5.41) is 11.7. The minimum absolute atomic E-state index is 0.172. The zero-order chi connectivity index (χ0) is 18.7. The van der Waals surface area contributed by atoms with Crippen molar-refractivity contribution in [3.63, 3.8) is 0 Å². The number of hydrogen-bond acceptors (Lipinski definition) is 5. The van der Waals surface area contributed by atoms with Crippen molar-refractivity contribution in [2.24, 2.45) is 0 Å². The number of carboxylic acids is 1. The summed E-state index contributed by atoms with van der Waals surface area (Å²) >= 11 is 3.44. The van der Waals surface area contributed by atoms with Crippen molar-refractivity contribution in [2.75, 3.05) is 19.0 Å². The maximum absolute atomic E-state index is 12.3. The van der Waals surface area contributed by atoms with Gasteiger partial charge in [0, 0.05) is 4.90 Å². The number of benzene rings is 2. The molecule has 0 saturated carbocycles. The molecule has 0 fully saturated rings. The predicted molar refractivity (Wildman–Crippen MR) is 108 cm³/mol. The van der Waals surface area contributed by atoms with Crippen LogP contribution in [0.5, 0.6) is 11.5 Å². The van der Waals surface area contributed by atoms with Gasteiger partial charge in [-0.15, -0.1) is 0 Å². The number of hydrogen-bond donors (Lipinski definition) is 2. The van der Waals surface area contributed by atoms with Gasteiger partial charge in [-0.1, -0.05) is 23.9 Å². The Labute approximate surface area is 167 Å². The van der Waals surface area contributed by atoms with Crippen LogP contribution in [0.3, 0.4) is 0 Å². The number of aliphatic carboxylic acids is 1. The van der Waals surface area contributed by atoms with E-state index in [-0.39, 0.29) is 5.91 Å². The van der Waals surface area contributed by atoms with Gasteiger partial charge < -0.3 is 19.9 Å². The highest BCUT2D eigenvalue weighted by atomic mass is 127. The fourth-order valence-electron chi connectivity index (χ4n) is 2.35. The van der Waals surface area contributed by atoms with Gasteiger partial charge in [0.1, 0.15) is 0 Å². The number of carbonyl (C=O) groups is 2. The first-order chi connectivity index (χ1) is 12.5. The molecule has 1 heterocycles. The number of nitrogens with one attached hydrogen (secondary N) is 1. The standard InChI is InChI=1S/C18H14INO5S/c1-24-13-7-10(6-11(19)17(13)25-9-16(21)22)8-15-18(23)20-12-4-2-3-5-14(12)26-15/h2-8H,9H2,1H3,(H,20,23)(H,21,22)/b15-8-. The van der Waals surface area contributed by atoms with Gasteiger partial charge in [0.2, 0.25) is 0 Å². The molecule has 1 aliphatic heterocycles. The van der Waals surface area contributed by atoms with Crippen LogP contribution in [0.1, 0.15) is 5.56 Å². The molecule has 0 unspecified atom stereocenters. The van der Waals surface area contributed by atoms with E-state index in [0.29, 0.717) is 20.0 Å². The fraction of sp³-hybridized carbons (Fsp3) is 0.111. The molecule has 1 amide bonds. The van der Waals surface area contributed by atoms with Crippen LogP contribution >= 0.6 is 34.4 Å². The van der Waals surface area contributed by atoms with Crippen molar-refractivity contribution in [3.8, 4) is 11.5 Å². The van der Waals surface area contributed by atoms with E-state index in [1.54, 1.807) is 12.1 Å². The molecule has 0 radical (unpaired) electrons. The molecule has 0 aromatic heterocycles. The molecule has 0 aliphatic carbocycles. The number of carbonyl (C=O) groups excluding carboxylic acids is 1. The van der Waals surface area contributed by atoms with Crippen molar-refractivity contribution in [3.05, 3.63) is 50.4 Å². The lowest BCUT2D eigenvalue weighted by molar-refractivity contribution is -0.139. The topological polar surface area (TPSA) is 84.9 Å². The summed E-state index contributed by atoms with van der Waals surface area (Å²) in [6.45, 7) is -0.457. The number of methoxy groups -OCH3 is 1. The first-order valence-corrected chi connectivity index (χ1v) is 9.39. The van der Waals surface area contributed by atoms with Crippen molar-refractivity contribution >= 4 is 58.0 Å². The number of rotatable bonds is 5. The van der Waals surface area contributed by atoms with Crippen molar-refractivity contribution in [1.82, 2.24) is 0 Å². The summed E-state index contributed by atoms with van der Waals surface area (Å²) in [7, 11) is 1.48. The molecule has 2 N–H and O–H groups in total. The van der Waals surface area contributed by atoms with Crippen LogP contribution in [-0.4, -0.2) is 30.7 Å². The SMILES string of the molecule is COc1cc(/C=C2\Sc3ccccc3NC2=O)cc(I)c1OCC(=O)O. The van der Waals surface area contributed by atoms with Gasteiger partial charge in [-0.2, -0.15) is 0 Å². The summed E-state index contributed by atoms with van der Waals surface area (Å²) in [6, 6.07) is 11.1. The highest BCUT2D eigenvalue weighted by molar-refractivity contribution is 14.1. The van der Waals surface area contributed by atoms with Crippen LogP contribution in [0, 0.1) is 3.57 Å². The minimum Gasteiger partial charge on any atom is -0.493 e. The molecule has 134 valence electrons. The molecule has 0 spiro atoms. The molecular weight excluding hydrogens is 469 g/mol. The number of ether oxygens (including phenoxy) is 2. The quantitative estimate of drug-likeness (QED) is 0.497. The first-order valence-electron chi connectivity index (χ1n) is 7.50. The molecule has 2 aromatic rings. The molecule has 8 heteroatoms.